The topological polar surface area (TPSA) is 32.3 Å². The van der Waals surface area contributed by atoms with E-state index in [1.807, 2.05) is 17.0 Å². The number of carbonyl (C=O) groups is 1. The van der Waals surface area contributed by atoms with Crippen molar-refractivity contribution in [3.63, 3.8) is 0 Å². The van der Waals surface area contributed by atoms with Crippen LogP contribution in [0.15, 0.2) is 24.3 Å². The molecule has 0 radical (unpaired) electrons. The molecule has 1 amide bonds. The van der Waals surface area contributed by atoms with Crippen LogP contribution in [0, 0.1) is 5.92 Å². The van der Waals surface area contributed by atoms with Gasteiger partial charge >= 0.3 is 0 Å². The van der Waals surface area contributed by atoms with Crippen LogP contribution in [-0.2, 0) is 6.42 Å². The Balaban J connectivity index is 1.70. The van der Waals surface area contributed by atoms with Gasteiger partial charge in [-0.05, 0) is 43.0 Å². The van der Waals surface area contributed by atoms with Gasteiger partial charge in [0.25, 0.3) is 5.91 Å². The van der Waals surface area contributed by atoms with Crippen LogP contribution >= 0.6 is 0 Å². The lowest BCUT2D eigenvalue weighted by Gasteiger charge is -2.17. The minimum atomic E-state index is 0.189. The van der Waals surface area contributed by atoms with Crippen molar-refractivity contribution in [2.45, 2.75) is 25.8 Å². The number of nitrogens with one attached hydrogen (secondary N) is 1. The SMILES string of the molecule is CCc1ccc(C(=O)N2CC3CCNC3C2)cc1. The Morgan fingerprint density at radius 1 is 1.33 bits per heavy atom. The van der Waals surface area contributed by atoms with E-state index in [0.717, 1.165) is 31.6 Å². The van der Waals surface area contributed by atoms with Crippen molar-refractivity contribution >= 4 is 5.91 Å². The fourth-order valence-corrected chi connectivity index (χ4v) is 3.08. The van der Waals surface area contributed by atoms with E-state index in [1.54, 1.807) is 0 Å². The number of rotatable bonds is 2. The van der Waals surface area contributed by atoms with Crippen LogP contribution in [0.3, 0.4) is 0 Å². The lowest BCUT2D eigenvalue weighted by Crippen LogP contribution is -2.33. The molecule has 2 aliphatic rings. The average molecular weight is 244 g/mol. The fourth-order valence-electron chi connectivity index (χ4n) is 3.08. The molecule has 0 aromatic heterocycles. The smallest absolute Gasteiger partial charge is 0.253 e. The zero-order valence-electron chi connectivity index (χ0n) is 10.9. The molecule has 1 aromatic carbocycles. The number of hydrogen-bond donors (Lipinski definition) is 1. The highest BCUT2D eigenvalue weighted by Crippen LogP contribution is 2.25. The number of aryl methyl sites for hydroxylation is 1. The van der Waals surface area contributed by atoms with E-state index in [9.17, 15) is 4.79 Å². The van der Waals surface area contributed by atoms with E-state index in [-0.39, 0.29) is 5.91 Å². The lowest BCUT2D eigenvalue weighted by molar-refractivity contribution is 0.0782. The van der Waals surface area contributed by atoms with Crippen LogP contribution in [0.4, 0.5) is 0 Å². The van der Waals surface area contributed by atoms with Crippen LogP contribution < -0.4 is 5.32 Å². The third-order valence-electron chi connectivity index (χ3n) is 4.26. The predicted octanol–water partition coefficient (Wildman–Crippen LogP) is 1.68. The van der Waals surface area contributed by atoms with Gasteiger partial charge in [0.15, 0.2) is 0 Å². The van der Waals surface area contributed by atoms with Crippen LogP contribution in [0.25, 0.3) is 0 Å². The highest BCUT2D eigenvalue weighted by molar-refractivity contribution is 5.94. The highest BCUT2D eigenvalue weighted by Gasteiger charge is 2.37. The first-order valence-corrected chi connectivity index (χ1v) is 6.89. The first-order chi connectivity index (χ1) is 8.78. The summed E-state index contributed by atoms with van der Waals surface area (Å²) in [6.07, 6.45) is 2.23. The maximum absolute atomic E-state index is 12.4. The van der Waals surface area contributed by atoms with E-state index < -0.39 is 0 Å². The van der Waals surface area contributed by atoms with Crippen molar-refractivity contribution in [1.29, 1.82) is 0 Å². The fraction of sp³-hybridized carbons (Fsp3) is 0.533. The Labute approximate surface area is 108 Å². The molecular weight excluding hydrogens is 224 g/mol. The second-order valence-electron chi connectivity index (χ2n) is 5.37. The average Bonchev–Trinajstić information content (AvgIpc) is 2.99. The quantitative estimate of drug-likeness (QED) is 0.858. The standard InChI is InChI=1S/C15H20N2O/c1-2-11-3-5-12(6-4-11)15(18)17-9-13-7-8-16-14(13)10-17/h3-6,13-14,16H,2,7-10H2,1H3. The number of benzene rings is 1. The van der Waals surface area contributed by atoms with Crippen molar-refractivity contribution in [2.75, 3.05) is 19.6 Å². The van der Waals surface area contributed by atoms with Crippen molar-refractivity contribution in [3.8, 4) is 0 Å². The maximum atomic E-state index is 12.4. The second-order valence-corrected chi connectivity index (χ2v) is 5.37. The highest BCUT2D eigenvalue weighted by atomic mass is 16.2. The summed E-state index contributed by atoms with van der Waals surface area (Å²) in [4.78, 5) is 14.4. The first-order valence-electron chi connectivity index (χ1n) is 6.89. The molecule has 0 spiro atoms. The van der Waals surface area contributed by atoms with Crippen LogP contribution in [0.1, 0.15) is 29.3 Å². The summed E-state index contributed by atoms with van der Waals surface area (Å²) in [6, 6.07) is 8.57. The molecule has 0 aliphatic carbocycles. The van der Waals surface area contributed by atoms with E-state index in [1.165, 1.54) is 12.0 Å². The largest absolute Gasteiger partial charge is 0.337 e. The summed E-state index contributed by atoms with van der Waals surface area (Å²) >= 11 is 0. The van der Waals surface area contributed by atoms with Crippen LogP contribution in [0.5, 0.6) is 0 Å². The summed E-state index contributed by atoms with van der Waals surface area (Å²) in [7, 11) is 0. The van der Waals surface area contributed by atoms with E-state index in [2.05, 4.69) is 24.4 Å². The molecule has 3 heteroatoms. The molecule has 2 fully saturated rings. The van der Waals surface area contributed by atoms with Crippen molar-refractivity contribution < 1.29 is 4.79 Å². The number of fused-ring (bicyclic) bond motifs is 1. The molecule has 18 heavy (non-hydrogen) atoms. The van der Waals surface area contributed by atoms with Gasteiger partial charge in [0.1, 0.15) is 0 Å². The van der Waals surface area contributed by atoms with Gasteiger partial charge < -0.3 is 10.2 Å². The molecule has 1 aromatic rings. The summed E-state index contributed by atoms with van der Waals surface area (Å²) in [5.41, 5.74) is 2.11. The Kier molecular flexibility index (Phi) is 3.08. The van der Waals surface area contributed by atoms with Crippen molar-refractivity contribution in [1.82, 2.24) is 10.2 Å². The number of nitrogens with zero attached hydrogens (tertiary/aromatic N) is 1. The van der Waals surface area contributed by atoms with Gasteiger partial charge in [-0.3, -0.25) is 4.79 Å². The van der Waals surface area contributed by atoms with Gasteiger partial charge in [-0.25, -0.2) is 0 Å². The molecule has 3 nitrogen and oxygen atoms in total. The van der Waals surface area contributed by atoms with Crippen LogP contribution in [0.2, 0.25) is 0 Å². The number of amides is 1. The molecule has 2 atom stereocenters. The molecule has 0 bridgehead atoms. The molecule has 2 saturated heterocycles. The minimum absolute atomic E-state index is 0.189. The third kappa shape index (κ3) is 2.03. The number of likely N-dealkylation sites (tertiary alicyclic amines) is 1. The summed E-state index contributed by atoms with van der Waals surface area (Å²) in [6.45, 7) is 5.04. The molecule has 2 heterocycles. The van der Waals surface area contributed by atoms with Gasteiger partial charge in [0, 0.05) is 24.7 Å². The molecule has 1 N–H and O–H groups in total. The Morgan fingerprint density at radius 3 is 2.78 bits per heavy atom. The predicted molar refractivity (Wildman–Crippen MR) is 71.6 cm³/mol. The summed E-state index contributed by atoms with van der Waals surface area (Å²) in [5, 5.41) is 3.48. The maximum Gasteiger partial charge on any atom is 0.253 e. The zero-order valence-corrected chi connectivity index (χ0v) is 10.9. The molecule has 2 aliphatic heterocycles. The monoisotopic (exact) mass is 244 g/mol. The van der Waals surface area contributed by atoms with Gasteiger partial charge in [-0.2, -0.15) is 0 Å². The van der Waals surface area contributed by atoms with Gasteiger partial charge in [-0.1, -0.05) is 19.1 Å². The van der Waals surface area contributed by atoms with Gasteiger partial charge in [-0.15, -0.1) is 0 Å². The molecule has 2 unspecified atom stereocenters. The second kappa shape index (κ2) is 4.73. The Bertz CT molecular complexity index is 428. The number of hydrogen-bond acceptors (Lipinski definition) is 2. The van der Waals surface area contributed by atoms with Crippen molar-refractivity contribution in [2.24, 2.45) is 5.92 Å². The van der Waals surface area contributed by atoms with Gasteiger partial charge in [0.05, 0.1) is 0 Å². The van der Waals surface area contributed by atoms with E-state index >= 15 is 0 Å². The zero-order chi connectivity index (χ0) is 12.5. The first kappa shape index (κ1) is 11.7. The van der Waals surface area contributed by atoms with Crippen molar-refractivity contribution in [3.05, 3.63) is 35.4 Å². The van der Waals surface area contributed by atoms with Crippen LogP contribution in [-0.4, -0.2) is 36.5 Å². The minimum Gasteiger partial charge on any atom is -0.337 e. The van der Waals surface area contributed by atoms with Gasteiger partial charge in [0.2, 0.25) is 0 Å². The Hall–Kier alpha value is -1.35. The number of carbonyl (C=O) groups excluding carboxylic acids is 1. The molecule has 0 saturated carbocycles. The normalized spacial score (nSPS) is 26.4. The Morgan fingerprint density at radius 2 is 2.11 bits per heavy atom. The molecular formula is C15H20N2O. The molecule has 3 rings (SSSR count). The molecule has 96 valence electrons. The third-order valence-corrected chi connectivity index (χ3v) is 4.26. The van der Waals surface area contributed by atoms with E-state index in [4.69, 9.17) is 0 Å². The summed E-state index contributed by atoms with van der Waals surface area (Å²) < 4.78 is 0. The van der Waals surface area contributed by atoms with E-state index in [0.29, 0.717) is 12.0 Å². The lowest BCUT2D eigenvalue weighted by atomic mass is 10.1. The summed E-state index contributed by atoms with van der Waals surface area (Å²) in [5.74, 6) is 0.859.